The first-order valence-electron chi connectivity index (χ1n) is 5.13. The third-order valence-electron chi connectivity index (χ3n) is 2.11. The van der Waals surface area contributed by atoms with Crippen LogP contribution in [-0.4, -0.2) is 31.6 Å². The van der Waals surface area contributed by atoms with E-state index in [1.54, 1.807) is 0 Å². The Labute approximate surface area is 82.5 Å². The molecule has 0 bridgehead atoms. The van der Waals surface area contributed by atoms with Gasteiger partial charge in [-0.1, -0.05) is 25.2 Å². The predicted molar refractivity (Wildman–Crippen MR) is 58.5 cm³/mol. The number of nitrogens with two attached hydrogens (primary N) is 1. The molecule has 0 atom stereocenters. The Kier molecular flexibility index (Phi) is 9.18. The van der Waals surface area contributed by atoms with Gasteiger partial charge in [0.1, 0.15) is 0 Å². The molecule has 0 amide bonds. The average molecular weight is 182 g/mol. The van der Waals surface area contributed by atoms with Gasteiger partial charge in [0.25, 0.3) is 0 Å². The number of hydrogen-bond acceptors (Lipinski definition) is 2. The zero-order valence-corrected chi connectivity index (χ0v) is 8.76. The van der Waals surface area contributed by atoms with E-state index in [0.29, 0.717) is 0 Å². The molecule has 0 saturated carbocycles. The molecule has 0 spiro atoms. The molecule has 76 valence electrons. The van der Waals surface area contributed by atoms with Crippen LogP contribution in [0.25, 0.3) is 0 Å². The van der Waals surface area contributed by atoms with Gasteiger partial charge in [-0.15, -0.1) is 6.42 Å². The molecule has 0 heterocycles. The molecule has 0 aromatic heterocycles. The molecule has 0 aliphatic rings. The molecule has 0 aromatic rings. The molecular formula is C11H22N2. The minimum Gasteiger partial charge on any atom is -0.330 e. The normalized spacial score (nSPS) is 10.3. The third kappa shape index (κ3) is 9.39. The van der Waals surface area contributed by atoms with Crippen LogP contribution in [0.4, 0.5) is 0 Å². The van der Waals surface area contributed by atoms with Crippen LogP contribution in [0.15, 0.2) is 0 Å². The van der Waals surface area contributed by atoms with E-state index in [9.17, 15) is 0 Å². The lowest BCUT2D eigenvalue weighted by molar-refractivity contribution is 0.361. The Bertz CT molecular complexity index is 138. The van der Waals surface area contributed by atoms with E-state index >= 15 is 0 Å². The highest BCUT2D eigenvalue weighted by Gasteiger charge is 1.94. The molecule has 2 N–H and O–H groups in total. The minimum absolute atomic E-state index is 0.767. The van der Waals surface area contributed by atoms with Crippen molar-refractivity contribution in [2.24, 2.45) is 5.73 Å². The zero-order chi connectivity index (χ0) is 9.94. The first-order chi connectivity index (χ1) is 6.31. The Hall–Kier alpha value is -0.520. The zero-order valence-electron chi connectivity index (χ0n) is 8.76. The number of unbranched alkanes of at least 4 members (excludes halogenated alkanes) is 4. The molecule has 0 unspecified atom stereocenters. The lowest BCUT2D eigenvalue weighted by atomic mass is 10.1. The van der Waals surface area contributed by atoms with E-state index in [4.69, 9.17) is 12.2 Å². The predicted octanol–water partition coefficient (Wildman–Crippen LogP) is 1.46. The van der Waals surface area contributed by atoms with Gasteiger partial charge in [-0.3, -0.25) is 4.90 Å². The fraction of sp³-hybridized carbons (Fsp3) is 0.818. The number of nitrogens with zero attached hydrogens (tertiary/aromatic N) is 1. The standard InChI is InChI=1S/C11H22N2/c1-3-10-13(2)11-8-6-4-5-7-9-12/h1H,4-12H2,2H3. The van der Waals surface area contributed by atoms with E-state index in [1.165, 1.54) is 32.1 Å². The highest BCUT2D eigenvalue weighted by Crippen LogP contribution is 2.02. The Morgan fingerprint density at radius 2 is 1.77 bits per heavy atom. The highest BCUT2D eigenvalue weighted by molar-refractivity contribution is 4.86. The summed E-state index contributed by atoms with van der Waals surface area (Å²) in [5.41, 5.74) is 5.40. The van der Waals surface area contributed by atoms with Crippen molar-refractivity contribution in [3.05, 3.63) is 0 Å². The molecule has 0 aliphatic carbocycles. The molecule has 2 nitrogen and oxygen atoms in total. The quantitative estimate of drug-likeness (QED) is 0.455. The summed E-state index contributed by atoms with van der Waals surface area (Å²) in [5.74, 6) is 2.64. The van der Waals surface area contributed by atoms with Crippen LogP contribution in [0, 0.1) is 12.3 Å². The first-order valence-corrected chi connectivity index (χ1v) is 5.13. The van der Waals surface area contributed by atoms with Crippen molar-refractivity contribution in [1.29, 1.82) is 0 Å². The van der Waals surface area contributed by atoms with Gasteiger partial charge >= 0.3 is 0 Å². The number of rotatable bonds is 8. The van der Waals surface area contributed by atoms with Crippen molar-refractivity contribution in [3.63, 3.8) is 0 Å². The molecule has 0 rings (SSSR count). The van der Waals surface area contributed by atoms with Gasteiger partial charge in [-0.05, 0) is 33.0 Å². The first kappa shape index (κ1) is 12.5. The van der Waals surface area contributed by atoms with Crippen molar-refractivity contribution in [3.8, 4) is 12.3 Å². The summed E-state index contributed by atoms with van der Waals surface area (Å²) in [6.45, 7) is 2.71. The highest BCUT2D eigenvalue weighted by atomic mass is 15.1. The van der Waals surface area contributed by atoms with Gasteiger partial charge in [0, 0.05) is 0 Å². The summed E-state index contributed by atoms with van der Waals surface area (Å²) in [6, 6.07) is 0. The summed E-state index contributed by atoms with van der Waals surface area (Å²) in [6.07, 6.45) is 11.5. The van der Waals surface area contributed by atoms with Crippen molar-refractivity contribution in [1.82, 2.24) is 4.90 Å². The summed E-state index contributed by atoms with van der Waals surface area (Å²) >= 11 is 0. The second-order valence-electron chi connectivity index (χ2n) is 3.50. The van der Waals surface area contributed by atoms with E-state index in [1.807, 2.05) is 0 Å². The summed E-state index contributed by atoms with van der Waals surface area (Å²) in [7, 11) is 2.07. The Morgan fingerprint density at radius 1 is 1.15 bits per heavy atom. The molecular weight excluding hydrogens is 160 g/mol. The van der Waals surface area contributed by atoms with Gasteiger partial charge in [0.15, 0.2) is 0 Å². The average Bonchev–Trinajstić information content (AvgIpc) is 2.11. The second kappa shape index (κ2) is 9.57. The maximum atomic E-state index is 5.40. The smallest absolute Gasteiger partial charge is 0.0596 e. The number of terminal acetylenes is 1. The Morgan fingerprint density at radius 3 is 2.38 bits per heavy atom. The second-order valence-corrected chi connectivity index (χ2v) is 3.50. The van der Waals surface area contributed by atoms with Crippen molar-refractivity contribution < 1.29 is 0 Å². The topological polar surface area (TPSA) is 29.3 Å². The fourth-order valence-electron chi connectivity index (χ4n) is 1.29. The molecule has 2 heteroatoms. The van der Waals surface area contributed by atoms with Crippen molar-refractivity contribution in [2.75, 3.05) is 26.7 Å². The fourth-order valence-corrected chi connectivity index (χ4v) is 1.29. The van der Waals surface area contributed by atoms with Gasteiger partial charge in [-0.2, -0.15) is 0 Å². The van der Waals surface area contributed by atoms with Gasteiger partial charge < -0.3 is 5.73 Å². The van der Waals surface area contributed by atoms with E-state index in [0.717, 1.165) is 19.6 Å². The van der Waals surface area contributed by atoms with Gasteiger partial charge in [-0.25, -0.2) is 0 Å². The molecule has 0 saturated heterocycles. The summed E-state index contributed by atoms with van der Waals surface area (Å²) in [4.78, 5) is 2.18. The van der Waals surface area contributed by atoms with E-state index in [2.05, 4.69) is 17.9 Å². The molecule has 0 radical (unpaired) electrons. The Balaban J connectivity index is 3.03. The molecule has 0 aliphatic heterocycles. The minimum atomic E-state index is 0.767. The summed E-state index contributed by atoms with van der Waals surface area (Å²) < 4.78 is 0. The van der Waals surface area contributed by atoms with Crippen molar-refractivity contribution in [2.45, 2.75) is 32.1 Å². The lowest BCUT2D eigenvalue weighted by Gasteiger charge is -2.12. The summed E-state index contributed by atoms with van der Waals surface area (Å²) in [5, 5.41) is 0. The largest absolute Gasteiger partial charge is 0.330 e. The maximum Gasteiger partial charge on any atom is 0.0596 e. The molecule has 0 fully saturated rings. The van der Waals surface area contributed by atoms with Crippen LogP contribution in [0.5, 0.6) is 0 Å². The van der Waals surface area contributed by atoms with Crippen LogP contribution in [0.2, 0.25) is 0 Å². The molecule has 13 heavy (non-hydrogen) atoms. The van der Waals surface area contributed by atoms with Crippen LogP contribution in [0.3, 0.4) is 0 Å². The van der Waals surface area contributed by atoms with Crippen LogP contribution in [-0.2, 0) is 0 Å². The van der Waals surface area contributed by atoms with Crippen LogP contribution in [0.1, 0.15) is 32.1 Å². The van der Waals surface area contributed by atoms with Crippen LogP contribution < -0.4 is 5.73 Å². The van der Waals surface area contributed by atoms with Gasteiger partial charge in [0.2, 0.25) is 0 Å². The SMILES string of the molecule is C#CCN(C)CCCCCCCN. The van der Waals surface area contributed by atoms with Gasteiger partial charge in [0.05, 0.1) is 6.54 Å². The maximum absolute atomic E-state index is 5.40. The molecule has 0 aromatic carbocycles. The monoisotopic (exact) mass is 182 g/mol. The van der Waals surface area contributed by atoms with E-state index in [-0.39, 0.29) is 0 Å². The van der Waals surface area contributed by atoms with E-state index < -0.39 is 0 Å². The van der Waals surface area contributed by atoms with Crippen LogP contribution >= 0.6 is 0 Å². The van der Waals surface area contributed by atoms with Crippen molar-refractivity contribution >= 4 is 0 Å². The number of hydrogen-bond donors (Lipinski definition) is 1. The third-order valence-corrected chi connectivity index (χ3v) is 2.11. The lowest BCUT2D eigenvalue weighted by Crippen LogP contribution is -2.19.